The number of aliphatic hydroxyl groups excluding tert-OH is 2. The molecule has 2 amide bonds. The first-order valence-electron chi connectivity index (χ1n) is 18.5. The molecule has 3 aliphatic heterocycles. The Balaban J connectivity index is 1.93. The minimum atomic E-state index is -2.02. The van der Waals surface area contributed by atoms with E-state index in [0.717, 1.165) is 0 Å². The van der Waals surface area contributed by atoms with Gasteiger partial charge in [0.05, 0.1) is 41.2 Å². The van der Waals surface area contributed by atoms with E-state index in [4.69, 9.17) is 23.7 Å². The van der Waals surface area contributed by atoms with Crippen molar-refractivity contribution in [3.05, 3.63) is 53.3 Å². The number of amides is 2. The molecular weight excluding hydrogens is 728 g/mol. The normalized spacial score (nSPS) is 30.8. The Morgan fingerprint density at radius 3 is 2.29 bits per heavy atom. The van der Waals surface area contributed by atoms with E-state index in [-0.39, 0.29) is 44.7 Å². The smallest absolute Gasteiger partial charge is 0.312 e. The zero-order valence-electron chi connectivity index (χ0n) is 33.5. The van der Waals surface area contributed by atoms with Gasteiger partial charge in [-0.2, -0.15) is 0 Å². The fourth-order valence-electron chi connectivity index (χ4n) is 7.14. The number of likely N-dealkylation sites (N-methyl/N-ethyl adjacent to an activating group) is 1. The van der Waals surface area contributed by atoms with Crippen LogP contribution >= 0.6 is 0 Å². The predicted octanol–water partition coefficient (Wildman–Crippen LogP) is 4.56. The van der Waals surface area contributed by atoms with Crippen molar-refractivity contribution in [2.24, 2.45) is 23.7 Å². The maximum atomic E-state index is 14.3. The predicted molar refractivity (Wildman–Crippen MR) is 206 cm³/mol. The molecule has 0 saturated heterocycles. The lowest BCUT2D eigenvalue weighted by molar-refractivity contribution is -0.160. The molecule has 0 saturated carbocycles. The third kappa shape index (κ3) is 8.79. The zero-order valence-corrected chi connectivity index (χ0v) is 33.5. The van der Waals surface area contributed by atoms with E-state index in [9.17, 15) is 39.6 Å². The maximum absolute atomic E-state index is 14.3. The Morgan fingerprint density at radius 2 is 1.66 bits per heavy atom. The molecule has 0 aromatic heterocycles. The summed E-state index contributed by atoms with van der Waals surface area (Å²) in [4.78, 5) is 52.6. The standard InChI is InChI=1S/C41H54N2O13/c1-11-42-29(45)18-53-28-17-26-36(49)31-30(28)32-38(24(7)35(31)48)56-41(9,39(32)50)54-16-15-27(52-10)21(4)37(55-25(8)44)23(6)34(47)22(5)33(46)19(2)13-12-14-20(3)40(51)43-26/h12-17,19,21-23,27,33-34,37,46-49H,11,18H2,1-10H3,(H,42,45)(H,43,51)/b13-12-,16-15-,20-14-/t19-,21+,22+,23+,27-,33-,34+,37+,41-/m0/s1. The number of Topliss-reactive ketones (excluding diaryl/α,β-unsaturated/α-hetero) is 1. The molecule has 6 N–H and O–H groups in total. The minimum Gasteiger partial charge on any atom is -0.507 e. The van der Waals surface area contributed by atoms with Crippen molar-refractivity contribution in [3.63, 3.8) is 0 Å². The van der Waals surface area contributed by atoms with Gasteiger partial charge in [-0.3, -0.25) is 19.2 Å². The van der Waals surface area contributed by atoms with Crippen LogP contribution in [0.2, 0.25) is 0 Å². The molecule has 5 bridgehead atoms. The summed E-state index contributed by atoms with van der Waals surface area (Å²) >= 11 is 0. The molecule has 5 rings (SSSR count). The molecule has 306 valence electrons. The number of allylic oxidation sites excluding steroid dienone is 2. The molecule has 0 radical (unpaired) electrons. The lowest BCUT2D eigenvalue weighted by Gasteiger charge is -2.38. The summed E-state index contributed by atoms with van der Waals surface area (Å²) in [5, 5.41) is 50.7. The van der Waals surface area contributed by atoms with E-state index in [1.807, 2.05) is 0 Å². The molecule has 2 aromatic rings. The van der Waals surface area contributed by atoms with Gasteiger partial charge in [0, 0.05) is 73.8 Å². The van der Waals surface area contributed by atoms with Gasteiger partial charge in [-0.25, -0.2) is 0 Å². The summed E-state index contributed by atoms with van der Waals surface area (Å²) in [6, 6.07) is 1.24. The molecule has 0 spiro atoms. The van der Waals surface area contributed by atoms with Gasteiger partial charge in [0.2, 0.25) is 0 Å². The highest BCUT2D eigenvalue weighted by Crippen LogP contribution is 2.54. The Labute approximate surface area is 326 Å². The van der Waals surface area contributed by atoms with Crippen LogP contribution in [0.4, 0.5) is 5.69 Å². The Bertz CT molecular complexity index is 1940. The number of phenols is 2. The number of carbonyl (C=O) groups excluding carboxylic acids is 4. The van der Waals surface area contributed by atoms with Crippen LogP contribution in [0.25, 0.3) is 10.8 Å². The average Bonchev–Trinajstić information content (AvgIpc) is 3.42. The number of phenolic OH excluding ortho intramolecular Hbond substituents is 2. The number of aromatic hydroxyl groups is 2. The van der Waals surface area contributed by atoms with Crippen molar-refractivity contribution in [2.75, 3.05) is 25.6 Å². The average molecular weight is 783 g/mol. The molecule has 0 fully saturated rings. The Kier molecular flexibility index (Phi) is 13.8. The van der Waals surface area contributed by atoms with Crippen LogP contribution in [0.15, 0.2) is 42.2 Å². The van der Waals surface area contributed by atoms with E-state index >= 15 is 0 Å². The summed E-state index contributed by atoms with van der Waals surface area (Å²) in [6.07, 6.45) is 3.57. The van der Waals surface area contributed by atoms with Crippen molar-refractivity contribution in [2.45, 2.75) is 92.5 Å². The monoisotopic (exact) mass is 782 g/mol. The fourth-order valence-corrected chi connectivity index (χ4v) is 7.14. The number of fused-ring (bicyclic) bond motifs is 14. The second-order valence-electron chi connectivity index (χ2n) is 14.6. The number of aliphatic hydroxyl groups is 2. The molecule has 56 heavy (non-hydrogen) atoms. The van der Waals surface area contributed by atoms with Crippen molar-refractivity contribution in [3.8, 4) is 23.0 Å². The number of anilines is 1. The second kappa shape index (κ2) is 17.8. The first-order valence-corrected chi connectivity index (χ1v) is 18.5. The van der Waals surface area contributed by atoms with Crippen LogP contribution in [0, 0.1) is 30.6 Å². The number of rotatable bonds is 6. The molecular formula is C41H54N2O13. The highest BCUT2D eigenvalue weighted by molar-refractivity contribution is 6.21. The highest BCUT2D eigenvalue weighted by atomic mass is 16.7. The summed E-state index contributed by atoms with van der Waals surface area (Å²) in [6.45, 7) is 14.0. The van der Waals surface area contributed by atoms with Gasteiger partial charge in [-0.05, 0) is 26.8 Å². The summed E-state index contributed by atoms with van der Waals surface area (Å²) in [5.41, 5.74) is -0.0351. The molecule has 15 nitrogen and oxygen atoms in total. The second-order valence-corrected chi connectivity index (χ2v) is 14.6. The van der Waals surface area contributed by atoms with E-state index in [1.165, 1.54) is 59.3 Å². The Hall–Kier alpha value is -5.12. The van der Waals surface area contributed by atoms with Gasteiger partial charge < -0.3 is 54.7 Å². The molecule has 0 unspecified atom stereocenters. The van der Waals surface area contributed by atoms with Crippen molar-refractivity contribution in [1.82, 2.24) is 5.32 Å². The summed E-state index contributed by atoms with van der Waals surface area (Å²) in [5.74, 6) is -8.18. The Morgan fingerprint density at radius 1 is 0.982 bits per heavy atom. The minimum absolute atomic E-state index is 0.0639. The van der Waals surface area contributed by atoms with Crippen LogP contribution in [-0.2, 0) is 28.6 Å². The largest absolute Gasteiger partial charge is 0.507 e. The van der Waals surface area contributed by atoms with Crippen molar-refractivity contribution in [1.29, 1.82) is 0 Å². The van der Waals surface area contributed by atoms with Crippen molar-refractivity contribution >= 4 is 40.0 Å². The van der Waals surface area contributed by atoms with Gasteiger partial charge in [0.25, 0.3) is 17.6 Å². The van der Waals surface area contributed by atoms with Crippen LogP contribution in [-0.4, -0.2) is 94.5 Å². The highest BCUT2D eigenvalue weighted by Gasteiger charge is 2.49. The number of nitrogens with one attached hydrogen (secondary N) is 2. The summed E-state index contributed by atoms with van der Waals surface area (Å²) in [7, 11) is 1.43. The molecule has 9 atom stereocenters. The lowest BCUT2D eigenvalue weighted by Crippen LogP contribution is -2.46. The van der Waals surface area contributed by atoms with E-state index in [0.29, 0.717) is 6.54 Å². The van der Waals surface area contributed by atoms with Crippen LogP contribution < -0.4 is 20.1 Å². The topological polar surface area (TPSA) is 219 Å². The van der Waals surface area contributed by atoms with Gasteiger partial charge in [0.1, 0.15) is 23.4 Å². The molecule has 3 aliphatic rings. The third-order valence-electron chi connectivity index (χ3n) is 10.6. The number of carbonyl (C=O) groups is 4. The third-order valence-corrected chi connectivity index (χ3v) is 10.6. The van der Waals surface area contributed by atoms with Gasteiger partial charge in [-0.15, -0.1) is 0 Å². The molecule has 2 aromatic carbocycles. The maximum Gasteiger partial charge on any atom is 0.312 e. The van der Waals surface area contributed by atoms with E-state index in [2.05, 4.69) is 10.6 Å². The lowest BCUT2D eigenvalue weighted by atomic mass is 9.78. The summed E-state index contributed by atoms with van der Waals surface area (Å²) < 4.78 is 29.4. The SMILES string of the molecule is CCNC(=O)COc1cc2c(O)c3c(O)c(C)c4c(c13)C(=O)[C@@](C)(O/C=C\[C@H](OC)[C@@H](C)[C@@H](OC(C)=O)[C@H](C)[C@H](O)[C@H](C)[C@@H](O)[C@@H](C)/C=C\C=C(\C)C(=O)N2)O4. The van der Waals surface area contributed by atoms with Gasteiger partial charge >= 0.3 is 11.8 Å². The number of benzene rings is 2. The fraction of sp³-hybridized carbons (Fsp3) is 0.512. The number of hydrogen-bond acceptors (Lipinski definition) is 13. The molecule has 0 aliphatic carbocycles. The van der Waals surface area contributed by atoms with Gasteiger partial charge in [0.15, 0.2) is 12.4 Å². The van der Waals surface area contributed by atoms with Crippen LogP contribution in [0.3, 0.4) is 0 Å². The first kappa shape index (κ1) is 43.6. The zero-order chi connectivity index (χ0) is 41.8. The van der Waals surface area contributed by atoms with Gasteiger partial charge in [-0.1, -0.05) is 45.9 Å². The molecule has 3 heterocycles. The number of ether oxygens (including phenoxy) is 5. The quantitative estimate of drug-likeness (QED) is 0.175. The first-order chi connectivity index (χ1) is 26.3. The van der Waals surface area contributed by atoms with Crippen molar-refractivity contribution < 1.29 is 63.3 Å². The van der Waals surface area contributed by atoms with Crippen LogP contribution in [0.5, 0.6) is 23.0 Å². The number of ketones is 1. The number of hydrogen-bond donors (Lipinski definition) is 6. The van der Waals surface area contributed by atoms with E-state index < -0.39 is 95.5 Å². The number of esters is 1. The molecule has 15 heteroatoms. The number of methoxy groups -OCH3 is 1. The van der Waals surface area contributed by atoms with Crippen LogP contribution in [0.1, 0.15) is 71.3 Å². The van der Waals surface area contributed by atoms with E-state index in [1.54, 1.807) is 46.8 Å².